The van der Waals surface area contributed by atoms with Crippen LogP contribution in [0.3, 0.4) is 0 Å². The lowest BCUT2D eigenvalue weighted by Crippen LogP contribution is -2.50. The third-order valence-corrected chi connectivity index (χ3v) is 3.40. The smallest absolute Gasteiger partial charge is 0.324 e. The van der Waals surface area contributed by atoms with E-state index in [0.29, 0.717) is 17.9 Å². The number of carboxylic acids is 1. The second-order valence-corrected chi connectivity index (χ2v) is 4.66. The highest BCUT2D eigenvalue weighted by Crippen LogP contribution is 2.35. The van der Waals surface area contributed by atoms with Gasteiger partial charge >= 0.3 is 5.97 Å². The molecule has 0 amide bonds. The van der Waals surface area contributed by atoms with Crippen LogP contribution in [-0.2, 0) is 4.79 Å². The molecule has 1 aromatic rings. The molecule has 0 spiro atoms. The maximum absolute atomic E-state index is 11.3. The lowest BCUT2D eigenvalue weighted by Gasteiger charge is -2.30. The molecule has 0 radical (unpaired) electrons. The van der Waals surface area contributed by atoms with Crippen LogP contribution in [-0.4, -0.2) is 30.8 Å². The Kier molecular flexibility index (Phi) is 4.78. The molecule has 106 valence electrons. The first-order valence-electron chi connectivity index (χ1n) is 6.12. The zero-order chi connectivity index (χ0) is 14.6. The van der Waals surface area contributed by atoms with E-state index in [1.807, 2.05) is 13.0 Å². The van der Waals surface area contributed by atoms with Crippen LogP contribution in [0.4, 0.5) is 0 Å². The van der Waals surface area contributed by atoms with E-state index in [9.17, 15) is 9.90 Å². The maximum Gasteiger partial charge on any atom is 0.324 e. The molecule has 1 aromatic carbocycles. The summed E-state index contributed by atoms with van der Waals surface area (Å²) in [6.45, 7) is 3.44. The number of methoxy groups -OCH3 is 2. The Labute approximate surface area is 113 Å². The largest absolute Gasteiger partial charge is 0.493 e. The molecule has 0 saturated heterocycles. The van der Waals surface area contributed by atoms with Gasteiger partial charge in [0.1, 0.15) is 5.54 Å². The van der Waals surface area contributed by atoms with Gasteiger partial charge in [-0.05, 0) is 31.0 Å². The van der Waals surface area contributed by atoms with Gasteiger partial charge in [0.2, 0.25) is 0 Å². The predicted molar refractivity (Wildman–Crippen MR) is 72.8 cm³/mol. The number of hydrogen-bond donors (Lipinski definition) is 2. The molecule has 2 unspecified atom stereocenters. The summed E-state index contributed by atoms with van der Waals surface area (Å²) in [5.41, 5.74) is 5.44. The number of carbonyl (C=O) groups is 1. The van der Waals surface area contributed by atoms with E-state index in [0.717, 1.165) is 5.56 Å². The Morgan fingerprint density at radius 1 is 1.37 bits per heavy atom. The third kappa shape index (κ3) is 2.98. The van der Waals surface area contributed by atoms with Gasteiger partial charge in [0.15, 0.2) is 11.5 Å². The second kappa shape index (κ2) is 5.93. The van der Waals surface area contributed by atoms with E-state index in [2.05, 4.69) is 0 Å². The van der Waals surface area contributed by atoms with Crippen molar-refractivity contribution in [1.29, 1.82) is 0 Å². The Balaban J connectivity index is 3.23. The Hall–Kier alpha value is -1.75. The second-order valence-electron chi connectivity index (χ2n) is 4.66. The summed E-state index contributed by atoms with van der Waals surface area (Å²) in [4.78, 5) is 11.3. The molecule has 3 N–H and O–H groups in total. The zero-order valence-electron chi connectivity index (χ0n) is 11.8. The van der Waals surface area contributed by atoms with Crippen LogP contribution in [0.2, 0.25) is 0 Å². The normalized spacial score (nSPS) is 15.4. The monoisotopic (exact) mass is 267 g/mol. The highest BCUT2D eigenvalue weighted by Gasteiger charge is 2.37. The molecule has 0 aliphatic heterocycles. The van der Waals surface area contributed by atoms with Crippen LogP contribution in [0, 0.1) is 0 Å². The van der Waals surface area contributed by atoms with Crippen molar-refractivity contribution in [2.45, 2.75) is 31.7 Å². The SMILES string of the molecule is CCC(c1ccc(OC)c(OC)c1)C(C)(N)C(=O)O. The third-order valence-electron chi connectivity index (χ3n) is 3.40. The molecule has 0 heterocycles. The molecular weight excluding hydrogens is 246 g/mol. The Bertz CT molecular complexity index is 457. The van der Waals surface area contributed by atoms with Crippen LogP contribution in [0.1, 0.15) is 31.7 Å². The molecule has 0 aromatic heterocycles. The first-order chi connectivity index (χ1) is 8.88. The van der Waals surface area contributed by atoms with Crippen LogP contribution >= 0.6 is 0 Å². The van der Waals surface area contributed by atoms with E-state index in [1.54, 1.807) is 26.4 Å². The lowest BCUT2D eigenvalue weighted by molar-refractivity contribution is -0.143. The van der Waals surface area contributed by atoms with Gasteiger partial charge in [0.25, 0.3) is 0 Å². The average Bonchev–Trinajstić information content (AvgIpc) is 2.38. The lowest BCUT2D eigenvalue weighted by atomic mass is 9.79. The highest BCUT2D eigenvalue weighted by atomic mass is 16.5. The summed E-state index contributed by atoms with van der Waals surface area (Å²) in [6.07, 6.45) is 0.620. The minimum atomic E-state index is -1.33. The standard InChI is InChI=1S/C14H21NO4/c1-5-10(14(2,15)13(16)17)9-6-7-11(18-3)12(8-9)19-4/h6-8,10H,5,15H2,1-4H3,(H,16,17). The fourth-order valence-electron chi connectivity index (χ4n) is 2.22. The maximum atomic E-state index is 11.3. The van der Waals surface area contributed by atoms with Gasteiger partial charge in [-0.3, -0.25) is 4.79 Å². The van der Waals surface area contributed by atoms with Crippen molar-refractivity contribution in [1.82, 2.24) is 0 Å². The van der Waals surface area contributed by atoms with Crippen molar-refractivity contribution < 1.29 is 19.4 Å². The molecule has 0 aliphatic carbocycles. The minimum Gasteiger partial charge on any atom is -0.493 e. The number of rotatable bonds is 6. The summed E-state index contributed by atoms with van der Waals surface area (Å²) in [5.74, 6) is -0.145. The predicted octanol–water partition coefficient (Wildman–Crippen LogP) is 2.00. The zero-order valence-corrected chi connectivity index (χ0v) is 11.8. The van der Waals surface area contributed by atoms with E-state index in [4.69, 9.17) is 15.2 Å². The van der Waals surface area contributed by atoms with Gasteiger partial charge in [-0.15, -0.1) is 0 Å². The van der Waals surface area contributed by atoms with Gasteiger partial charge < -0.3 is 20.3 Å². The first-order valence-corrected chi connectivity index (χ1v) is 6.12. The number of nitrogens with two attached hydrogens (primary N) is 1. The highest BCUT2D eigenvalue weighted by molar-refractivity contribution is 5.79. The first kappa shape index (κ1) is 15.3. The number of aliphatic carboxylic acids is 1. The summed E-state index contributed by atoms with van der Waals surface area (Å²) in [6, 6.07) is 5.36. The van der Waals surface area contributed by atoms with Crippen molar-refractivity contribution in [3.63, 3.8) is 0 Å². The number of hydrogen-bond acceptors (Lipinski definition) is 4. The van der Waals surface area contributed by atoms with Gasteiger partial charge in [0, 0.05) is 5.92 Å². The quantitative estimate of drug-likeness (QED) is 0.823. The minimum absolute atomic E-state index is 0.301. The van der Waals surface area contributed by atoms with Crippen molar-refractivity contribution in [3.8, 4) is 11.5 Å². The molecular formula is C14H21NO4. The van der Waals surface area contributed by atoms with Gasteiger partial charge in [-0.2, -0.15) is 0 Å². The molecule has 0 saturated carbocycles. The van der Waals surface area contributed by atoms with Gasteiger partial charge in [-0.1, -0.05) is 13.0 Å². The molecule has 0 bridgehead atoms. The van der Waals surface area contributed by atoms with Crippen molar-refractivity contribution in [3.05, 3.63) is 23.8 Å². The Morgan fingerprint density at radius 2 is 1.95 bits per heavy atom. The molecule has 2 atom stereocenters. The van der Waals surface area contributed by atoms with Crippen LogP contribution in [0.15, 0.2) is 18.2 Å². The summed E-state index contributed by atoms with van der Waals surface area (Å²) >= 11 is 0. The fourth-order valence-corrected chi connectivity index (χ4v) is 2.22. The van der Waals surface area contributed by atoms with E-state index >= 15 is 0 Å². The van der Waals surface area contributed by atoms with E-state index in [-0.39, 0.29) is 5.92 Å². The molecule has 1 rings (SSSR count). The molecule has 5 nitrogen and oxygen atoms in total. The Morgan fingerprint density at radius 3 is 2.37 bits per heavy atom. The summed E-state index contributed by atoms with van der Waals surface area (Å²) in [7, 11) is 3.10. The van der Waals surface area contributed by atoms with Crippen LogP contribution in [0.5, 0.6) is 11.5 Å². The number of ether oxygens (including phenoxy) is 2. The molecule has 0 aliphatic rings. The van der Waals surface area contributed by atoms with E-state index in [1.165, 1.54) is 6.92 Å². The average molecular weight is 267 g/mol. The topological polar surface area (TPSA) is 81.8 Å². The number of benzene rings is 1. The van der Waals surface area contributed by atoms with Crippen molar-refractivity contribution >= 4 is 5.97 Å². The summed E-state index contributed by atoms with van der Waals surface area (Å²) < 4.78 is 10.4. The van der Waals surface area contributed by atoms with Gasteiger partial charge in [-0.25, -0.2) is 0 Å². The van der Waals surface area contributed by atoms with Crippen molar-refractivity contribution in [2.75, 3.05) is 14.2 Å². The van der Waals surface area contributed by atoms with Crippen LogP contribution in [0.25, 0.3) is 0 Å². The molecule has 19 heavy (non-hydrogen) atoms. The summed E-state index contributed by atoms with van der Waals surface area (Å²) in [5, 5.41) is 9.25. The van der Waals surface area contributed by atoms with Crippen LogP contribution < -0.4 is 15.2 Å². The van der Waals surface area contributed by atoms with Gasteiger partial charge in [0.05, 0.1) is 14.2 Å². The van der Waals surface area contributed by atoms with Crippen molar-refractivity contribution in [2.24, 2.45) is 5.73 Å². The fraction of sp³-hybridized carbons (Fsp3) is 0.500. The molecule has 5 heteroatoms. The van der Waals surface area contributed by atoms with E-state index < -0.39 is 11.5 Å². The number of carboxylic acid groups (broad SMARTS) is 1. The molecule has 0 fully saturated rings.